The van der Waals surface area contributed by atoms with Gasteiger partial charge in [0.1, 0.15) is 5.60 Å². The molecule has 0 aliphatic carbocycles. The lowest BCUT2D eigenvalue weighted by Gasteiger charge is -2.26. The van der Waals surface area contributed by atoms with E-state index in [2.05, 4.69) is 17.0 Å². The average Bonchev–Trinajstić information content (AvgIpc) is 2.34. The zero-order valence-corrected chi connectivity index (χ0v) is 13.5. The Balaban J connectivity index is 3.02. The zero-order valence-electron chi connectivity index (χ0n) is 13.5. The van der Waals surface area contributed by atoms with Crippen LogP contribution in [0.15, 0.2) is 30.7 Å². The number of carbonyl (C=O) groups is 2. The lowest BCUT2D eigenvalue weighted by atomic mass is 10.2. The number of anilines is 1. The Morgan fingerprint density at radius 3 is 2.50 bits per heavy atom. The number of hydrazine groups is 1. The maximum atomic E-state index is 12.2. The van der Waals surface area contributed by atoms with Gasteiger partial charge in [-0.15, -0.1) is 0 Å². The van der Waals surface area contributed by atoms with E-state index in [1.54, 1.807) is 46.0 Å². The number of allylic oxidation sites excluding steroid dienone is 1. The van der Waals surface area contributed by atoms with E-state index in [-0.39, 0.29) is 5.76 Å². The van der Waals surface area contributed by atoms with Gasteiger partial charge in [0.25, 0.3) is 0 Å². The molecule has 120 valence electrons. The van der Waals surface area contributed by atoms with E-state index in [1.165, 1.54) is 6.92 Å². The molecular weight excluding hydrogens is 286 g/mol. The second-order valence-electron chi connectivity index (χ2n) is 5.63. The van der Waals surface area contributed by atoms with Gasteiger partial charge in [0, 0.05) is 6.20 Å². The zero-order chi connectivity index (χ0) is 16.9. The molecule has 7 heteroatoms. The van der Waals surface area contributed by atoms with Crippen molar-refractivity contribution in [2.75, 3.05) is 5.01 Å². The van der Waals surface area contributed by atoms with Crippen LogP contribution in [-0.2, 0) is 9.47 Å². The van der Waals surface area contributed by atoms with E-state index in [4.69, 9.17) is 9.47 Å². The molecule has 2 amide bonds. The van der Waals surface area contributed by atoms with Crippen molar-refractivity contribution in [2.45, 2.75) is 40.2 Å². The molecule has 22 heavy (non-hydrogen) atoms. The summed E-state index contributed by atoms with van der Waals surface area (Å²) in [4.78, 5) is 28.2. The second-order valence-corrected chi connectivity index (χ2v) is 5.63. The van der Waals surface area contributed by atoms with E-state index in [0.717, 1.165) is 5.01 Å². The lowest BCUT2D eigenvalue weighted by molar-refractivity contribution is 0.0516. The summed E-state index contributed by atoms with van der Waals surface area (Å²) in [6.07, 6.45) is -0.0157. The molecule has 0 aromatic carbocycles. The highest BCUT2D eigenvalue weighted by atomic mass is 16.6. The van der Waals surface area contributed by atoms with Crippen LogP contribution in [0, 0.1) is 6.92 Å². The first-order valence-corrected chi connectivity index (χ1v) is 6.69. The van der Waals surface area contributed by atoms with Crippen LogP contribution in [-0.4, -0.2) is 22.8 Å². The summed E-state index contributed by atoms with van der Waals surface area (Å²) >= 11 is 0. The predicted octanol–water partition coefficient (Wildman–Crippen LogP) is 3.31. The summed E-state index contributed by atoms with van der Waals surface area (Å²) in [6, 6.07) is 3.26. The van der Waals surface area contributed by atoms with E-state index in [0.29, 0.717) is 11.4 Å². The number of amides is 2. The normalized spacial score (nSPS) is 10.6. The van der Waals surface area contributed by atoms with Crippen molar-refractivity contribution in [3.05, 3.63) is 36.4 Å². The fourth-order valence-corrected chi connectivity index (χ4v) is 1.50. The minimum Gasteiger partial charge on any atom is -0.443 e. The quantitative estimate of drug-likeness (QED) is 0.669. The monoisotopic (exact) mass is 307 g/mol. The Bertz CT molecular complexity index is 578. The average molecular weight is 307 g/mol. The molecule has 0 saturated carbocycles. The Morgan fingerprint density at radius 2 is 2.00 bits per heavy atom. The smallest absolute Gasteiger partial charge is 0.438 e. The maximum absolute atomic E-state index is 12.2. The van der Waals surface area contributed by atoms with E-state index < -0.39 is 17.8 Å². The predicted molar refractivity (Wildman–Crippen MR) is 82.1 cm³/mol. The van der Waals surface area contributed by atoms with Gasteiger partial charge in [-0.25, -0.2) is 15.0 Å². The fraction of sp³-hybridized carbons (Fsp3) is 0.400. The number of hydrogen-bond donors (Lipinski definition) is 1. The van der Waals surface area contributed by atoms with Crippen LogP contribution in [0.1, 0.15) is 33.4 Å². The number of rotatable bonds is 2. The van der Waals surface area contributed by atoms with E-state index >= 15 is 0 Å². The Morgan fingerprint density at radius 1 is 1.36 bits per heavy atom. The van der Waals surface area contributed by atoms with Crippen LogP contribution in [0.2, 0.25) is 0 Å². The van der Waals surface area contributed by atoms with Crippen LogP contribution in [0.25, 0.3) is 0 Å². The van der Waals surface area contributed by atoms with Crippen molar-refractivity contribution in [3.8, 4) is 0 Å². The summed E-state index contributed by atoms with van der Waals surface area (Å²) in [6.45, 7) is 11.9. The summed E-state index contributed by atoms with van der Waals surface area (Å²) in [5.41, 5.74) is 2.57. The molecule has 0 atom stereocenters. The molecule has 0 aliphatic rings. The van der Waals surface area contributed by atoms with Crippen LogP contribution in [0.5, 0.6) is 0 Å². The molecule has 1 N–H and O–H groups in total. The van der Waals surface area contributed by atoms with Crippen LogP contribution >= 0.6 is 0 Å². The van der Waals surface area contributed by atoms with Gasteiger partial charge in [0.15, 0.2) is 0 Å². The number of aromatic nitrogens is 1. The van der Waals surface area contributed by atoms with E-state index in [9.17, 15) is 9.59 Å². The molecule has 1 aromatic heterocycles. The van der Waals surface area contributed by atoms with Crippen molar-refractivity contribution in [3.63, 3.8) is 0 Å². The molecule has 0 spiro atoms. The highest BCUT2D eigenvalue weighted by Crippen LogP contribution is 2.18. The third-order valence-electron chi connectivity index (χ3n) is 2.27. The van der Waals surface area contributed by atoms with Gasteiger partial charge in [-0.1, -0.05) is 6.58 Å². The third kappa shape index (κ3) is 5.43. The number of pyridine rings is 1. The molecule has 0 aliphatic heterocycles. The van der Waals surface area contributed by atoms with Gasteiger partial charge in [-0.3, -0.25) is 4.98 Å². The molecule has 0 bridgehead atoms. The molecule has 0 unspecified atom stereocenters. The number of nitrogens with one attached hydrogen (secondary N) is 1. The molecule has 0 fully saturated rings. The number of carbonyl (C=O) groups excluding carboxylic acids is 2. The highest BCUT2D eigenvalue weighted by Gasteiger charge is 2.25. The lowest BCUT2D eigenvalue weighted by Crippen LogP contribution is -2.48. The minimum atomic E-state index is -0.811. The summed E-state index contributed by atoms with van der Waals surface area (Å²) in [5.74, 6) is 0.197. The third-order valence-corrected chi connectivity index (χ3v) is 2.27. The van der Waals surface area contributed by atoms with Crippen molar-refractivity contribution in [1.29, 1.82) is 0 Å². The summed E-state index contributed by atoms with van der Waals surface area (Å²) < 4.78 is 10.1. The maximum Gasteiger partial charge on any atom is 0.438 e. The van der Waals surface area contributed by atoms with Crippen molar-refractivity contribution in [1.82, 2.24) is 10.4 Å². The first-order valence-electron chi connectivity index (χ1n) is 6.69. The van der Waals surface area contributed by atoms with Gasteiger partial charge < -0.3 is 9.47 Å². The number of nitrogens with zero attached hydrogens (tertiary/aromatic N) is 2. The number of ether oxygens (including phenoxy) is 2. The van der Waals surface area contributed by atoms with Gasteiger partial charge in [-0.2, -0.15) is 5.01 Å². The molecule has 1 rings (SSSR count). The second kappa shape index (κ2) is 6.93. The fourth-order valence-electron chi connectivity index (χ4n) is 1.50. The molecule has 0 radical (unpaired) electrons. The molecule has 1 heterocycles. The summed E-state index contributed by atoms with van der Waals surface area (Å²) in [7, 11) is 0. The molecular formula is C15H21N3O4. The van der Waals surface area contributed by atoms with Crippen LogP contribution in [0.4, 0.5) is 15.3 Å². The van der Waals surface area contributed by atoms with Gasteiger partial charge >= 0.3 is 12.2 Å². The van der Waals surface area contributed by atoms with Crippen molar-refractivity contribution >= 4 is 17.9 Å². The Kier molecular flexibility index (Phi) is 5.50. The molecule has 0 saturated heterocycles. The first-order chi connectivity index (χ1) is 10.1. The van der Waals surface area contributed by atoms with E-state index in [1.807, 2.05) is 0 Å². The van der Waals surface area contributed by atoms with Crippen LogP contribution in [0.3, 0.4) is 0 Å². The minimum absolute atomic E-state index is 0.197. The van der Waals surface area contributed by atoms with Gasteiger partial charge in [-0.05, 0) is 46.8 Å². The van der Waals surface area contributed by atoms with Gasteiger partial charge in [0.2, 0.25) is 0 Å². The topological polar surface area (TPSA) is 80.8 Å². The van der Waals surface area contributed by atoms with Crippen LogP contribution < -0.4 is 10.4 Å². The van der Waals surface area contributed by atoms with Crippen molar-refractivity contribution in [2.24, 2.45) is 0 Å². The standard InChI is InChI=1S/C15H21N3O4/c1-10(2)21-14(20)18(12-8-7-9-16-11(12)3)17-13(19)22-15(4,5)6/h7-9H,1H2,2-6H3,(H,17,19). The number of hydrogen-bond acceptors (Lipinski definition) is 5. The van der Waals surface area contributed by atoms with Crippen molar-refractivity contribution < 1.29 is 19.1 Å². The molecule has 1 aromatic rings. The van der Waals surface area contributed by atoms with Gasteiger partial charge in [0.05, 0.1) is 17.1 Å². The Hall–Kier alpha value is -2.57. The largest absolute Gasteiger partial charge is 0.443 e. The summed E-state index contributed by atoms with van der Waals surface area (Å²) in [5, 5.41) is 0.936. The number of aryl methyl sites for hydroxylation is 1. The SMILES string of the molecule is C=C(C)OC(=O)N(NC(=O)OC(C)(C)C)c1cccnc1C. The first kappa shape index (κ1) is 17.5. The molecule has 7 nitrogen and oxygen atoms in total. The Labute approximate surface area is 129 Å². The highest BCUT2D eigenvalue weighted by molar-refractivity contribution is 5.91.